The first-order valence-electron chi connectivity index (χ1n) is 7.92. The fourth-order valence-corrected chi connectivity index (χ4v) is 3.92. The molecule has 2 heterocycles. The smallest absolute Gasteiger partial charge is 0.158 e. The van der Waals surface area contributed by atoms with Crippen LogP contribution in [-0.4, -0.2) is 39.1 Å². The summed E-state index contributed by atoms with van der Waals surface area (Å²) >= 11 is 3.61. The number of hydrogen-bond donors (Lipinski definition) is 0. The molecule has 118 valence electrons. The van der Waals surface area contributed by atoms with E-state index in [1.54, 1.807) is 0 Å². The number of carbonyl (C=O) groups excluding carboxylic acids is 1. The third kappa shape index (κ3) is 3.09. The van der Waals surface area contributed by atoms with E-state index in [1.165, 1.54) is 12.8 Å². The van der Waals surface area contributed by atoms with Crippen LogP contribution in [0.3, 0.4) is 0 Å². The maximum atomic E-state index is 13.0. The highest BCUT2D eigenvalue weighted by atomic mass is 79.9. The number of Topliss-reactive ketones (excluding diaryl/α,β-unsaturated/α-hetero) is 1. The maximum Gasteiger partial charge on any atom is 0.158 e. The SMILES string of the molecule is CCc1nn(C)c(CC(=O)C(C)(CC)N2CCCC2)c1Br. The van der Waals surface area contributed by atoms with Gasteiger partial charge in [0.25, 0.3) is 0 Å². The van der Waals surface area contributed by atoms with Crippen LogP contribution in [0.2, 0.25) is 0 Å². The van der Waals surface area contributed by atoms with Crippen LogP contribution in [0.4, 0.5) is 0 Å². The molecule has 1 aromatic rings. The number of hydrogen-bond acceptors (Lipinski definition) is 3. The van der Waals surface area contributed by atoms with Crippen LogP contribution in [0, 0.1) is 0 Å². The molecule has 4 nitrogen and oxygen atoms in total. The van der Waals surface area contributed by atoms with E-state index in [2.05, 4.69) is 46.7 Å². The molecule has 0 aliphatic carbocycles. The second-order valence-electron chi connectivity index (χ2n) is 6.11. The number of halogens is 1. The Morgan fingerprint density at radius 2 is 1.95 bits per heavy atom. The summed E-state index contributed by atoms with van der Waals surface area (Å²) in [4.78, 5) is 15.3. The molecular formula is C16H26BrN3O. The van der Waals surface area contributed by atoms with Crippen LogP contribution in [0.5, 0.6) is 0 Å². The van der Waals surface area contributed by atoms with Gasteiger partial charge in [-0.05, 0) is 61.6 Å². The molecule has 2 rings (SSSR count). The Morgan fingerprint density at radius 3 is 2.43 bits per heavy atom. The predicted molar refractivity (Wildman–Crippen MR) is 88.5 cm³/mol. The normalized spacial score (nSPS) is 18.9. The van der Waals surface area contributed by atoms with Crippen molar-refractivity contribution >= 4 is 21.7 Å². The Hall–Kier alpha value is -0.680. The van der Waals surface area contributed by atoms with Crippen molar-refractivity contribution in [3.05, 3.63) is 15.9 Å². The summed E-state index contributed by atoms with van der Waals surface area (Å²) in [6, 6.07) is 0. The van der Waals surface area contributed by atoms with E-state index in [0.717, 1.165) is 41.8 Å². The van der Waals surface area contributed by atoms with Crippen molar-refractivity contribution in [1.82, 2.24) is 14.7 Å². The molecule has 0 bridgehead atoms. The molecule has 0 N–H and O–H groups in total. The van der Waals surface area contributed by atoms with Gasteiger partial charge in [0.05, 0.1) is 27.8 Å². The van der Waals surface area contributed by atoms with Crippen LogP contribution in [-0.2, 0) is 24.7 Å². The van der Waals surface area contributed by atoms with E-state index in [1.807, 2.05) is 11.7 Å². The Bertz CT molecular complexity index is 520. The van der Waals surface area contributed by atoms with Crippen molar-refractivity contribution in [2.45, 2.75) is 58.4 Å². The van der Waals surface area contributed by atoms with Gasteiger partial charge in [-0.15, -0.1) is 0 Å². The molecule has 5 heteroatoms. The van der Waals surface area contributed by atoms with Crippen LogP contribution < -0.4 is 0 Å². The highest BCUT2D eigenvalue weighted by Gasteiger charge is 2.39. The van der Waals surface area contributed by atoms with Gasteiger partial charge in [-0.1, -0.05) is 13.8 Å². The van der Waals surface area contributed by atoms with Gasteiger partial charge < -0.3 is 0 Å². The zero-order valence-corrected chi connectivity index (χ0v) is 15.2. The minimum absolute atomic E-state index is 0.304. The number of nitrogens with zero attached hydrogens (tertiary/aromatic N) is 3. The Balaban J connectivity index is 2.21. The minimum atomic E-state index is -0.341. The standard InChI is InChI=1S/C16H26BrN3O/c1-5-12-15(17)13(19(4)18-12)11-14(21)16(3,6-2)20-9-7-8-10-20/h5-11H2,1-4H3. The van der Waals surface area contributed by atoms with Crippen molar-refractivity contribution in [2.24, 2.45) is 7.05 Å². The fourth-order valence-electron chi connectivity index (χ4n) is 3.16. The lowest BCUT2D eigenvalue weighted by molar-refractivity contribution is -0.129. The summed E-state index contributed by atoms with van der Waals surface area (Å²) in [7, 11) is 1.92. The molecule has 21 heavy (non-hydrogen) atoms. The van der Waals surface area contributed by atoms with Crippen LogP contribution in [0.15, 0.2) is 4.47 Å². The maximum absolute atomic E-state index is 13.0. The molecule has 0 radical (unpaired) electrons. The van der Waals surface area contributed by atoms with Crippen molar-refractivity contribution in [3.63, 3.8) is 0 Å². The fraction of sp³-hybridized carbons (Fsp3) is 0.750. The molecular weight excluding hydrogens is 330 g/mol. The number of aryl methyl sites for hydroxylation is 2. The van der Waals surface area contributed by atoms with Gasteiger partial charge in [-0.2, -0.15) is 5.10 Å². The third-order valence-electron chi connectivity index (χ3n) is 4.92. The number of rotatable bonds is 6. The average Bonchev–Trinajstić information content (AvgIpc) is 3.10. The van der Waals surface area contributed by atoms with E-state index < -0.39 is 0 Å². The van der Waals surface area contributed by atoms with Gasteiger partial charge in [-0.3, -0.25) is 14.4 Å². The molecule has 1 aliphatic rings. The van der Waals surface area contributed by atoms with Gasteiger partial charge in [0.15, 0.2) is 5.78 Å². The monoisotopic (exact) mass is 355 g/mol. The van der Waals surface area contributed by atoms with Crippen molar-refractivity contribution in [3.8, 4) is 0 Å². The number of ketones is 1. The quantitative estimate of drug-likeness (QED) is 0.786. The molecule has 0 aromatic carbocycles. The molecule has 1 saturated heterocycles. The largest absolute Gasteiger partial charge is 0.297 e. The van der Waals surface area contributed by atoms with Gasteiger partial charge in [-0.25, -0.2) is 0 Å². The Kier molecular flexibility index (Phi) is 5.25. The van der Waals surface area contributed by atoms with Crippen LogP contribution in [0.1, 0.15) is 51.4 Å². The van der Waals surface area contributed by atoms with Gasteiger partial charge >= 0.3 is 0 Å². The summed E-state index contributed by atoms with van der Waals surface area (Å²) in [6.45, 7) is 8.39. The number of aromatic nitrogens is 2. The van der Waals surface area contributed by atoms with Crippen molar-refractivity contribution in [2.75, 3.05) is 13.1 Å². The number of carbonyl (C=O) groups is 1. The van der Waals surface area contributed by atoms with Crippen LogP contribution >= 0.6 is 15.9 Å². The minimum Gasteiger partial charge on any atom is -0.297 e. The van der Waals surface area contributed by atoms with E-state index in [4.69, 9.17) is 0 Å². The van der Waals surface area contributed by atoms with E-state index >= 15 is 0 Å². The zero-order valence-electron chi connectivity index (χ0n) is 13.6. The second kappa shape index (κ2) is 6.61. The Labute approximate surface area is 136 Å². The van der Waals surface area contributed by atoms with E-state index in [0.29, 0.717) is 12.2 Å². The van der Waals surface area contributed by atoms with Crippen molar-refractivity contribution in [1.29, 1.82) is 0 Å². The van der Waals surface area contributed by atoms with Gasteiger partial charge in [0.2, 0.25) is 0 Å². The van der Waals surface area contributed by atoms with Gasteiger partial charge in [0, 0.05) is 7.05 Å². The zero-order chi connectivity index (χ0) is 15.6. The lowest BCUT2D eigenvalue weighted by Gasteiger charge is -2.36. The molecule has 1 fully saturated rings. The Morgan fingerprint density at radius 1 is 1.33 bits per heavy atom. The predicted octanol–water partition coefficient (Wildman–Crippen LogP) is 3.12. The second-order valence-corrected chi connectivity index (χ2v) is 6.90. The first-order valence-corrected chi connectivity index (χ1v) is 8.72. The summed E-state index contributed by atoms with van der Waals surface area (Å²) in [5.41, 5.74) is 1.68. The molecule has 1 aromatic heterocycles. The van der Waals surface area contributed by atoms with Crippen LogP contribution in [0.25, 0.3) is 0 Å². The molecule has 0 saturated carbocycles. The molecule has 1 aliphatic heterocycles. The first-order chi connectivity index (χ1) is 9.93. The summed E-state index contributed by atoms with van der Waals surface area (Å²) in [5.74, 6) is 0.304. The summed E-state index contributed by atoms with van der Waals surface area (Å²) in [5, 5.41) is 4.49. The van der Waals surface area contributed by atoms with E-state index in [-0.39, 0.29) is 5.54 Å². The lowest BCUT2D eigenvalue weighted by Crippen LogP contribution is -2.51. The summed E-state index contributed by atoms with van der Waals surface area (Å²) < 4.78 is 2.85. The number of likely N-dealkylation sites (tertiary alicyclic amines) is 1. The molecule has 0 spiro atoms. The molecule has 1 atom stereocenters. The first kappa shape index (κ1) is 16.7. The third-order valence-corrected chi connectivity index (χ3v) is 5.84. The average molecular weight is 356 g/mol. The highest BCUT2D eigenvalue weighted by molar-refractivity contribution is 9.10. The molecule has 0 amide bonds. The van der Waals surface area contributed by atoms with E-state index in [9.17, 15) is 4.79 Å². The summed E-state index contributed by atoms with van der Waals surface area (Å²) in [6.07, 6.45) is 4.60. The van der Waals surface area contributed by atoms with Gasteiger partial charge in [0.1, 0.15) is 0 Å². The highest BCUT2D eigenvalue weighted by Crippen LogP contribution is 2.29. The van der Waals surface area contributed by atoms with Crippen molar-refractivity contribution < 1.29 is 4.79 Å². The lowest BCUT2D eigenvalue weighted by atomic mass is 9.88. The topological polar surface area (TPSA) is 38.1 Å². The molecule has 1 unspecified atom stereocenters.